The predicted octanol–water partition coefficient (Wildman–Crippen LogP) is 3.88. The van der Waals surface area contributed by atoms with Crippen LogP contribution < -0.4 is 10.5 Å². The number of methoxy groups -OCH3 is 1. The Morgan fingerprint density at radius 2 is 1.81 bits per heavy atom. The Bertz CT molecular complexity index is 790. The van der Waals surface area contributed by atoms with Gasteiger partial charge in [0.15, 0.2) is 0 Å². The Morgan fingerprint density at radius 3 is 2.48 bits per heavy atom. The lowest BCUT2D eigenvalue weighted by Crippen LogP contribution is -2.04. The molecule has 0 atom stereocenters. The zero-order valence-corrected chi connectivity index (χ0v) is 12.5. The van der Waals surface area contributed by atoms with Gasteiger partial charge in [0.2, 0.25) is 0 Å². The number of benzene rings is 2. The van der Waals surface area contributed by atoms with E-state index < -0.39 is 0 Å². The highest BCUT2D eigenvalue weighted by molar-refractivity contribution is 5.89. The highest BCUT2D eigenvalue weighted by Gasteiger charge is 2.12. The van der Waals surface area contributed by atoms with Crippen molar-refractivity contribution in [3.05, 3.63) is 42.7 Å². The van der Waals surface area contributed by atoms with Crippen LogP contribution in [0, 0.1) is 0 Å². The molecule has 0 saturated carbocycles. The summed E-state index contributed by atoms with van der Waals surface area (Å²) in [6.07, 6.45) is 1.80. The molecule has 21 heavy (non-hydrogen) atoms. The minimum atomic E-state index is 0.302. The monoisotopic (exact) mass is 281 g/mol. The third kappa shape index (κ3) is 2.33. The molecule has 0 aliphatic carbocycles. The van der Waals surface area contributed by atoms with Gasteiger partial charge in [0.05, 0.1) is 13.4 Å². The summed E-state index contributed by atoms with van der Waals surface area (Å²) in [6, 6.07) is 12.6. The topological polar surface area (TPSA) is 53.1 Å². The Labute approximate surface area is 124 Å². The quantitative estimate of drug-likeness (QED) is 0.792. The summed E-state index contributed by atoms with van der Waals surface area (Å²) in [7, 11) is 1.68. The van der Waals surface area contributed by atoms with Crippen LogP contribution in [-0.2, 0) is 0 Å². The number of aromatic nitrogens is 2. The molecule has 0 aliphatic rings. The Morgan fingerprint density at radius 1 is 1.10 bits per heavy atom. The molecular formula is C17H19N3O. The molecule has 0 saturated heterocycles. The number of anilines is 1. The zero-order valence-electron chi connectivity index (χ0n) is 12.5. The number of rotatable bonds is 3. The molecule has 0 radical (unpaired) electrons. The van der Waals surface area contributed by atoms with Gasteiger partial charge < -0.3 is 15.0 Å². The molecule has 0 bridgehead atoms. The Hall–Kier alpha value is -2.49. The highest BCUT2D eigenvalue weighted by atomic mass is 16.5. The molecule has 4 nitrogen and oxygen atoms in total. The van der Waals surface area contributed by atoms with E-state index in [-0.39, 0.29) is 0 Å². The summed E-state index contributed by atoms with van der Waals surface area (Å²) in [4.78, 5) is 4.46. The molecule has 4 heteroatoms. The van der Waals surface area contributed by atoms with Gasteiger partial charge in [-0.05, 0) is 42.8 Å². The summed E-state index contributed by atoms with van der Waals surface area (Å²) in [5.41, 5.74) is 8.07. The first kappa shape index (κ1) is 13.5. The molecule has 0 aliphatic heterocycles. The molecule has 1 heterocycles. The molecule has 2 aromatic carbocycles. The first-order chi connectivity index (χ1) is 10.1. The van der Waals surface area contributed by atoms with E-state index in [2.05, 4.69) is 31.0 Å². The van der Waals surface area contributed by atoms with Crippen molar-refractivity contribution >= 4 is 16.6 Å². The number of nitrogen functional groups attached to an aromatic ring is 1. The molecule has 1 aromatic heterocycles. The largest absolute Gasteiger partial charge is 0.497 e. The van der Waals surface area contributed by atoms with Crippen LogP contribution in [0.15, 0.2) is 42.7 Å². The number of nitrogens with two attached hydrogens (primary N) is 1. The van der Waals surface area contributed by atoms with Crippen molar-refractivity contribution in [1.82, 2.24) is 9.55 Å². The molecule has 0 amide bonds. The normalized spacial score (nSPS) is 11.2. The van der Waals surface area contributed by atoms with Gasteiger partial charge in [-0.15, -0.1) is 0 Å². The predicted molar refractivity (Wildman–Crippen MR) is 86.5 cm³/mol. The van der Waals surface area contributed by atoms with Crippen LogP contribution in [0.5, 0.6) is 5.75 Å². The molecule has 2 N–H and O–H groups in total. The lowest BCUT2D eigenvalue weighted by Gasteiger charge is -2.09. The van der Waals surface area contributed by atoms with Gasteiger partial charge in [-0.2, -0.15) is 0 Å². The molecule has 3 rings (SSSR count). The van der Waals surface area contributed by atoms with Crippen molar-refractivity contribution in [2.75, 3.05) is 12.8 Å². The molecule has 0 spiro atoms. The second-order valence-electron chi connectivity index (χ2n) is 5.41. The van der Waals surface area contributed by atoms with Crippen molar-refractivity contribution < 1.29 is 4.74 Å². The van der Waals surface area contributed by atoms with Crippen LogP contribution in [-0.4, -0.2) is 16.7 Å². The zero-order chi connectivity index (χ0) is 15.0. The van der Waals surface area contributed by atoms with Crippen LogP contribution in [0.3, 0.4) is 0 Å². The van der Waals surface area contributed by atoms with Gasteiger partial charge in [0, 0.05) is 11.6 Å². The van der Waals surface area contributed by atoms with Crippen LogP contribution in [0.2, 0.25) is 0 Å². The van der Waals surface area contributed by atoms with E-state index in [1.165, 1.54) is 0 Å². The minimum absolute atomic E-state index is 0.302. The van der Waals surface area contributed by atoms with Crippen molar-refractivity contribution in [1.29, 1.82) is 0 Å². The molecule has 108 valence electrons. The maximum Gasteiger partial charge on any atom is 0.131 e. The van der Waals surface area contributed by atoms with Crippen molar-refractivity contribution in [2.45, 2.75) is 19.9 Å². The van der Waals surface area contributed by atoms with Crippen molar-refractivity contribution in [3.8, 4) is 17.0 Å². The standard InChI is InChI=1S/C17H19N3O/c1-11(2)20-10-19-16(17(20)18)14-5-4-13-9-15(21-3)7-6-12(13)8-14/h4-11H,18H2,1-3H3. The van der Waals surface area contributed by atoms with Gasteiger partial charge in [-0.3, -0.25) is 0 Å². The number of nitrogens with zero attached hydrogens (tertiary/aromatic N) is 2. The fourth-order valence-electron chi connectivity index (χ4n) is 2.50. The van der Waals surface area contributed by atoms with E-state index in [1.807, 2.05) is 28.8 Å². The van der Waals surface area contributed by atoms with E-state index >= 15 is 0 Å². The summed E-state index contributed by atoms with van der Waals surface area (Å²) in [5.74, 6) is 1.57. The fraction of sp³-hybridized carbons (Fsp3) is 0.235. The average Bonchev–Trinajstić information content (AvgIpc) is 2.88. The van der Waals surface area contributed by atoms with E-state index in [1.54, 1.807) is 13.4 Å². The Kier molecular flexibility index (Phi) is 3.29. The van der Waals surface area contributed by atoms with Gasteiger partial charge >= 0.3 is 0 Å². The van der Waals surface area contributed by atoms with Crippen molar-refractivity contribution in [2.24, 2.45) is 0 Å². The molecular weight excluding hydrogens is 262 g/mol. The van der Waals surface area contributed by atoms with Crippen LogP contribution in [0.4, 0.5) is 5.82 Å². The first-order valence-electron chi connectivity index (χ1n) is 7.00. The maximum absolute atomic E-state index is 6.21. The van der Waals surface area contributed by atoms with E-state index in [9.17, 15) is 0 Å². The van der Waals surface area contributed by atoms with Gasteiger partial charge in [0.1, 0.15) is 17.3 Å². The number of hydrogen-bond donors (Lipinski definition) is 1. The van der Waals surface area contributed by atoms with Crippen LogP contribution >= 0.6 is 0 Å². The van der Waals surface area contributed by atoms with Gasteiger partial charge in [-0.1, -0.05) is 18.2 Å². The summed E-state index contributed by atoms with van der Waals surface area (Å²) in [5, 5.41) is 2.28. The fourth-order valence-corrected chi connectivity index (χ4v) is 2.50. The summed E-state index contributed by atoms with van der Waals surface area (Å²) in [6.45, 7) is 4.18. The number of imidazole rings is 1. The number of hydrogen-bond acceptors (Lipinski definition) is 3. The van der Waals surface area contributed by atoms with Gasteiger partial charge in [-0.25, -0.2) is 4.98 Å². The summed E-state index contributed by atoms with van der Waals surface area (Å²) >= 11 is 0. The second kappa shape index (κ2) is 5.13. The third-order valence-corrected chi connectivity index (χ3v) is 3.71. The van der Waals surface area contributed by atoms with E-state index in [0.29, 0.717) is 11.9 Å². The number of ether oxygens (including phenoxy) is 1. The highest BCUT2D eigenvalue weighted by Crippen LogP contribution is 2.30. The van der Waals surface area contributed by atoms with E-state index in [0.717, 1.165) is 27.8 Å². The Balaban J connectivity index is 2.09. The maximum atomic E-state index is 6.21. The van der Waals surface area contributed by atoms with Crippen molar-refractivity contribution in [3.63, 3.8) is 0 Å². The molecule has 0 fully saturated rings. The first-order valence-corrected chi connectivity index (χ1v) is 7.00. The van der Waals surface area contributed by atoms with Crippen LogP contribution in [0.25, 0.3) is 22.0 Å². The third-order valence-electron chi connectivity index (χ3n) is 3.71. The lowest BCUT2D eigenvalue weighted by atomic mass is 10.0. The number of fused-ring (bicyclic) bond motifs is 1. The smallest absolute Gasteiger partial charge is 0.131 e. The SMILES string of the molecule is COc1ccc2cc(-c3ncn(C(C)C)c3N)ccc2c1. The minimum Gasteiger partial charge on any atom is -0.497 e. The lowest BCUT2D eigenvalue weighted by molar-refractivity contribution is 0.415. The average molecular weight is 281 g/mol. The van der Waals surface area contributed by atoms with E-state index in [4.69, 9.17) is 10.5 Å². The second-order valence-corrected chi connectivity index (χ2v) is 5.41. The molecule has 0 unspecified atom stereocenters. The summed E-state index contributed by atoms with van der Waals surface area (Å²) < 4.78 is 7.23. The van der Waals surface area contributed by atoms with Crippen LogP contribution in [0.1, 0.15) is 19.9 Å². The van der Waals surface area contributed by atoms with Gasteiger partial charge in [0.25, 0.3) is 0 Å². The molecule has 3 aromatic rings.